The molecule has 2 unspecified atom stereocenters. The smallest absolute Gasteiger partial charge is 0.353 e. The Morgan fingerprint density at radius 1 is 0.815 bits per heavy atom. The third-order valence-electron chi connectivity index (χ3n) is 5.31. The molecule has 1 fully saturated rings. The summed E-state index contributed by atoms with van der Waals surface area (Å²) in [5.74, 6) is 0.828. The number of hydrogen-bond acceptors (Lipinski definition) is 6. The third kappa shape index (κ3) is 2.99. The molecule has 0 saturated heterocycles. The first kappa shape index (κ1) is 16.7. The first-order chi connectivity index (χ1) is 13.2. The van der Waals surface area contributed by atoms with Crippen LogP contribution in [0, 0.1) is 0 Å². The number of benzene rings is 1. The molecule has 2 bridgehead atoms. The molecule has 0 radical (unpaired) electrons. The zero-order valence-corrected chi connectivity index (χ0v) is 16.0. The maximum absolute atomic E-state index is 12.5. The van der Waals surface area contributed by atoms with Crippen molar-refractivity contribution in [1.29, 1.82) is 0 Å². The average molecular weight is 396 g/mol. The maximum Gasteiger partial charge on any atom is 0.353 e. The molecule has 0 amide bonds. The van der Waals surface area contributed by atoms with Gasteiger partial charge in [-0.15, -0.1) is 22.7 Å². The van der Waals surface area contributed by atoms with Gasteiger partial charge in [0.15, 0.2) is 11.5 Å². The van der Waals surface area contributed by atoms with Crippen molar-refractivity contribution in [1.82, 2.24) is 0 Å². The lowest BCUT2D eigenvalue weighted by Gasteiger charge is -2.18. The molecule has 3 aromatic rings. The van der Waals surface area contributed by atoms with Gasteiger partial charge in [-0.2, -0.15) is 0 Å². The number of thiophene rings is 2. The quantitative estimate of drug-likeness (QED) is 0.425. The number of fused-ring (bicyclic) bond motifs is 5. The van der Waals surface area contributed by atoms with Crippen molar-refractivity contribution in [2.45, 2.75) is 31.1 Å². The molecule has 0 aliphatic heterocycles. The molecule has 6 heteroatoms. The maximum atomic E-state index is 12.5. The fourth-order valence-electron chi connectivity index (χ4n) is 4.09. The lowest BCUT2D eigenvalue weighted by molar-refractivity contribution is 0.0687. The van der Waals surface area contributed by atoms with Gasteiger partial charge < -0.3 is 9.47 Å². The highest BCUT2D eigenvalue weighted by molar-refractivity contribution is 7.12. The van der Waals surface area contributed by atoms with Crippen molar-refractivity contribution < 1.29 is 19.1 Å². The van der Waals surface area contributed by atoms with Crippen LogP contribution in [0.2, 0.25) is 0 Å². The molecule has 2 aliphatic carbocycles. The molecule has 2 atom stereocenters. The van der Waals surface area contributed by atoms with E-state index in [1.807, 2.05) is 22.9 Å². The summed E-state index contributed by atoms with van der Waals surface area (Å²) in [7, 11) is 0. The number of esters is 2. The minimum absolute atomic E-state index is 0.324. The summed E-state index contributed by atoms with van der Waals surface area (Å²) in [4.78, 5) is 25.9. The second kappa shape index (κ2) is 6.62. The molecular weight excluding hydrogens is 380 g/mol. The molecule has 27 heavy (non-hydrogen) atoms. The van der Waals surface area contributed by atoms with E-state index in [2.05, 4.69) is 0 Å². The molecule has 0 spiro atoms. The Morgan fingerprint density at radius 3 is 1.70 bits per heavy atom. The Kier molecular flexibility index (Phi) is 4.10. The van der Waals surface area contributed by atoms with Crippen LogP contribution in [0.4, 0.5) is 0 Å². The van der Waals surface area contributed by atoms with Gasteiger partial charge in [0.25, 0.3) is 0 Å². The van der Waals surface area contributed by atoms with Crippen LogP contribution in [-0.2, 0) is 0 Å². The third-order valence-corrected chi connectivity index (χ3v) is 7.01. The summed E-state index contributed by atoms with van der Waals surface area (Å²) in [6.07, 6.45) is 3.48. The van der Waals surface area contributed by atoms with E-state index >= 15 is 0 Å². The molecule has 2 aromatic heterocycles. The highest BCUT2D eigenvalue weighted by Crippen LogP contribution is 2.55. The fourth-order valence-corrected chi connectivity index (χ4v) is 5.29. The summed E-state index contributed by atoms with van der Waals surface area (Å²) in [6.45, 7) is 0. The highest BCUT2D eigenvalue weighted by atomic mass is 32.1. The minimum Gasteiger partial charge on any atom is -0.418 e. The second-order valence-corrected chi connectivity index (χ2v) is 8.76. The molecular formula is C21H16O4S2. The molecule has 2 aliphatic rings. The molecule has 4 nitrogen and oxygen atoms in total. The van der Waals surface area contributed by atoms with E-state index in [-0.39, 0.29) is 0 Å². The highest BCUT2D eigenvalue weighted by Gasteiger charge is 2.38. The molecule has 0 N–H and O–H groups in total. The average Bonchev–Trinajstić information content (AvgIpc) is 3.47. The van der Waals surface area contributed by atoms with Gasteiger partial charge in [-0.1, -0.05) is 12.1 Å². The van der Waals surface area contributed by atoms with Crippen molar-refractivity contribution in [2.75, 3.05) is 0 Å². The van der Waals surface area contributed by atoms with Crippen LogP contribution in [0.25, 0.3) is 0 Å². The van der Waals surface area contributed by atoms with E-state index in [1.54, 1.807) is 24.3 Å². The molecule has 2 heterocycles. The van der Waals surface area contributed by atoms with Crippen LogP contribution in [0.15, 0.2) is 47.2 Å². The Labute approximate surface area is 164 Å². The fraction of sp³-hybridized carbons (Fsp3) is 0.238. The lowest BCUT2D eigenvalue weighted by Crippen LogP contribution is -2.12. The topological polar surface area (TPSA) is 52.6 Å². The first-order valence-electron chi connectivity index (χ1n) is 8.88. The van der Waals surface area contributed by atoms with Gasteiger partial charge in [0.05, 0.1) is 0 Å². The van der Waals surface area contributed by atoms with Crippen molar-refractivity contribution >= 4 is 34.6 Å². The zero-order chi connectivity index (χ0) is 18.4. The second-order valence-electron chi connectivity index (χ2n) is 6.87. The number of carbonyl (C=O) groups excluding carboxylic acids is 2. The summed E-state index contributed by atoms with van der Waals surface area (Å²) in [6, 6.07) is 10.9. The van der Waals surface area contributed by atoms with Crippen LogP contribution in [0.3, 0.4) is 0 Å². The van der Waals surface area contributed by atoms with Gasteiger partial charge in [-0.3, -0.25) is 0 Å². The normalized spacial score (nSPS) is 19.7. The van der Waals surface area contributed by atoms with E-state index < -0.39 is 11.9 Å². The summed E-state index contributed by atoms with van der Waals surface area (Å²) >= 11 is 2.65. The van der Waals surface area contributed by atoms with Gasteiger partial charge in [-0.25, -0.2) is 9.59 Å². The van der Waals surface area contributed by atoms with E-state index in [0.717, 1.165) is 6.42 Å². The first-order valence-corrected chi connectivity index (χ1v) is 10.6. The Balaban J connectivity index is 1.50. The lowest BCUT2D eigenvalue weighted by atomic mass is 9.91. The Hall–Kier alpha value is -2.44. The van der Waals surface area contributed by atoms with Crippen LogP contribution in [0.1, 0.15) is 61.6 Å². The molecule has 136 valence electrons. The Morgan fingerprint density at radius 2 is 1.30 bits per heavy atom. The van der Waals surface area contributed by atoms with Crippen molar-refractivity contribution in [2.24, 2.45) is 0 Å². The van der Waals surface area contributed by atoms with Gasteiger partial charge in [0, 0.05) is 0 Å². The largest absolute Gasteiger partial charge is 0.418 e. The SMILES string of the molecule is O=C(Oc1cc2c(cc1OC(=O)c1cccs1)C1CCC2C1)c1cccs1. The van der Waals surface area contributed by atoms with Gasteiger partial charge in [0.1, 0.15) is 9.75 Å². The minimum atomic E-state index is -0.429. The van der Waals surface area contributed by atoms with E-state index in [4.69, 9.17) is 9.47 Å². The monoisotopic (exact) mass is 396 g/mol. The van der Waals surface area contributed by atoms with Gasteiger partial charge >= 0.3 is 11.9 Å². The van der Waals surface area contributed by atoms with Crippen LogP contribution >= 0.6 is 22.7 Å². The number of hydrogen-bond donors (Lipinski definition) is 0. The summed E-state index contributed by atoms with van der Waals surface area (Å²) < 4.78 is 11.3. The van der Waals surface area contributed by atoms with Crippen LogP contribution in [-0.4, -0.2) is 11.9 Å². The predicted octanol–water partition coefficient (Wildman–Crippen LogP) is 5.61. The zero-order valence-electron chi connectivity index (χ0n) is 14.3. The Bertz CT molecular complexity index is 924. The van der Waals surface area contributed by atoms with Crippen LogP contribution in [0.5, 0.6) is 11.5 Å². The molecule has 1 aromatic carbocycles. The summed E-state index contributed by atoms with van der Waals surface area (Å²) in [5.41, 5.74) is 2.47. The number of rotatable bonds is 4. The van der Waals surface area contributed by atoms with E-state index in [1.165, 1.54) is 46.6 Å². The molecule has 5 rings (SSSR count). The van der Waals surface area contributed by atoms with Crippen molar-refractivity contribution in [3.8, 4) is 11.5 Å². The van der Waals surface area contributed by atoms with Crippen molar-refractivity contribution in [3.05, 3.63) is 68.0 Å². The van der Waals surface area contributed by atoms with Crippen molar-refractivity contribution in [3.63, 3.8) is 0 Å². The predicted molar refractivity (Wildman–Crippen MR) is 104 cm³/mol. The summed E-state index contributed by atoms with van der Waals surface area (Å²) in [5, 5.41) is 3.66. The van der Waals surface area contributed by atoms with Gasteiger partial charge in [0.2, 0.25) is 0 Å². The van der Waals surface area contributed by atoms with Gasteiger partial charge in [-0.05, 0) is 77.3 Å². The van der Waals surface area contributed by atoms with E-state index in [9.17, 15) is 9.59 Å². The standard InChI is InChI=1S/C21H16O4S2/c22-20(18-3-1-7-26-18)24-16-10-14-12-5-6-13(9-12)15(14)11-17(16)25-21(23)19-4-2-8-27-19/h1-4,7-8,10-13H,5-6,9H2. The van der Waals surface area contributed by atoms with E-state index in [0.29, 0.717) is 33.1 Å². The number of carbonyl (C=O) groups is 2. The number of ether oxygens (including phenoxy) is 2. The molecule has 1 saturated carbocycles. The van der Waals surface area contributed by atoms with Crippen LogP contribution < -0.4 is 9.47 Å².